The van der Waals surface area contributed by atoms with Crippen molar-refractivity contribution in [2.45, 2.75) is 51.6 Å². The first-order valence-corrected chi connectivity index (χ1v) is 6.98. The van der Waals surface area contributed by atoms with Crippen LogP contribution in [-0.4, -0.2) is 18.6 Å². The Hall–Kier alpha value is -0.570. The van der Waals surface area contributed by atoms with Crippen LogP contribution in [0.25, 0.3) is 0 Å². The van der Waals surface area contributed by atoms with Crippen molar-refractivity contribution in [2.75, 3.05) is 6.54 Å². The van der Waals surface area contributed by atoms with Crippen LogP contribution in [0.4, 0.5) is 0 Å². The quantitative estimate of drug-likeness (QED) is 0.765. The predicted molar refractivity (Wildman–Crippen MR) is 65.2 cm³/mol. The molecule has 4 aliphatic rings. The Morgan fingerprint density at radius 3 is 2.06 bits per heavy atom. The van der Waals surface area contributed by atoms with Gasteiger partial charge in [0.15, 0.2) is 0 Å². The van der Waals surface area contributed by atoms with Crippen LogP contribution in [0.1, 0.15) is 45.4 Å². The Morgan fingerprint density at radius 1 is 1.24 bits per heavy atom. The highest BCUT2D eigenvalue weighted by molar-refractivity contribution is 5.66. The van der Waals surface area contributed by atoms with E-state index in [1.807, 2.05) is 0 Å². The second kappa shape index (κ2) is 3.98. The molecule has 0 aromatic heterocycles. The largest absolute Gasteiger partial charge is 0.461 e. The van der Waals surface area contributed by atoms with Gasteiger partial charge in [-0.3, -0.25) is 4.79 Å². The molecule has 96 valence electrons. The molecule has 2 N–H and O–H groups in total. The lowest BCUT2D eigenvalue weighted by atomic mass is 9.48. The van der Waals surface area contributed by atoms with E-state index in [0.29, 0.717) is 6.54 Å². The third kappa shape index (κ3) is 1.88. The zero-order valence-electron chi connectivity index (χ0n) is 10.7. The summed E-state index contributed by atoms with van der Waals surface area (Å²) in [4.78, 5) is 11.2. The third-order valence-electron chi connectivity index (χ3n) is 5.29. The molecule has 4 saturated carbocycles. The van der Waals surface area contributed by atoms with Gasteiger partial charge < -0.3 is 10.5 Å². The fourth-order valence-electron chi connectivity index (χ4n) is 5.20. The third-order valence-corrected chi connectivity index (χ3v) is 5.29. The van der Waals surface area contributed by atoms with Crippen LogP contribution in [0.3, 0.4) is 0 Å². The predicted octanol–water partition coefficient (Wildman–Crippen LogP) is 2.09. The molecule has 4 aliphatic carbocycles. The topological polar surface area (TPSA) is 52.3 Å². The Balaban J connectivity index is 1.82. The highest BCUT2D eigenvalue weighted by atomic mass is 16.5. The van der Waals surface area contributed by atoms with Crippen molar-refractivity contribution in [1.29, 1.82) is 0 Å². The van der Waals surface area contributed by atoms with Gasteiger partial charge in [0.05, 0.1) is 0 Å². The molecule has 4 fully saturated rings. The molecule has 1 atom stereocenters. The maximum absolute atomic E-state index is 11.2. The van der Waals surface area contributed by atoms with Gasteiger partial charge in [0.2, 0.25) is 0 Å². The Labute approximate surface area is 103 Å². The molecule has 0 spiro atoms. The minimum absolute atomic E-state index is 0.0339. The molecular weight excluding hydrogens is 214 g/mol. The summed E-state index contributed by atoms with van der Waals surface area (Å²) in [5.74, 6) is 2.47. The number of ether oxygens (including phenoxy) is 1. The summed E-state index contributed by atoms with van der Waals surface area (Å²) in [6.45, 7) is 1.99. The lowest BCUT2D eigenvalue weighted by molar-refractivity contribution is -0.169. The van der Waals surface area contributed by atoms with Gasteiger partial charge in [-0.2, -0.15) is 0 Å². The summed E-state index contributed by atoms with van der Waals surface area (Å²) in [6, 6.07) is 0. The van der Waals surface area contributed by atoms with E-state index in [4.69, 9.17) is 10.5 Å². The van der Waals surface area contributed by atoms with Gasteiger partial charge in [0.25, 0.3) is 0 Å². The number of carbonyl (C=O) groups excluding carboxylic acids is 1. The summed E-state index contributed by atoms with van der Waals surface area (Å²) in [6.07, 6.45) is 7.94. The SMILES string of the molecule is CC(=O)OC(CN)C12CC3CC(CC(C3)C1)C2. The van der Waals surface area contributed by atoms with Gasteiger partial charge in [-0.05, 0) is 56.3 Å². The summed E-state index contributed by atoms with van der Waals surface area (Å²) in [5.41, 5.74) is 6.10. The van der Waals surface area contributed by atoms with E-state index in [1.165, 1.54) is 45.4 Å². The molecule has 0 heterocycles. The van der Waals surface area contributed by atoms with Crippen molar-refractivity contribution >= 4 is 5.97 Å². The van der Waals surface area contributed by atoms with E-state index in [9.17, 15) is 4.79 Å². The lowest BCUT2D eigenvalue weighted by Gasteiger charge is -2.58. The second-order valence-corrected chi connectivity index (χ2v) is 6.61. The van der Waals surface area contributed by atoms with E-state index < -0.39 is 0 Å². The normalized spacial score (nSPS) is 44.7. The van der Waals surface area contributed by atoms with Gasteiger partial charge in [0, 0.05) is 18.9 Å². The van der Waals surface area contributed by atoms with Crippen molar-refractivity contribution in [2.24, 2.45) is 28.9 Å². The summed E-state index contributed by atoms with van der Waals surface area (Å²) >= 11 is 0. The molecule has 0 amide bonds. The fourth-order valence-corrected chi connectivity index (χ4v) is 5.20. The Kier molecular flexibility index (Phi) is 2.69. The van der Waals surface area contributed by atoms with Crippen LogP contribution in [0.2, 0.25) is 0 Å². The number of rotatable bonds is 3. The zero-order chi connectivity index (χ0) is 12.0. The molecule has 0 aromatic rings. The van der Waals surface area contributed by atoms with Crippen LogP contribution >= 0.6 is 0 Å². The molecule has 3 nitrogen and oxygen atoms in total. The number of esters is 1. The van der Waals surface area contributed by atoms with Crippen LogP contribution in [-0.2, 0) is 9.53 Å². The molecule has 0 aromatic carbocycles. The molecule has 17 heavy (non-hydrogen) atoms. The smallest absolute Gasteiger partial charge is 0.302 e. The van der Waals surface area contributed by atoms with Gasteiger partial charge >= 0.3 is 5.97 Å². The van der Waals surface area contributed by atoms with Crippen LogP contribution in [0.5, 0.6) is 0 Å². The molecule has 4 bridgehead atoms. The standard InChI is InChI=1S/C14H23NO2/c1-9(16)17-13(8-15)14-5-10-2-11(6-14)4-12(3-10)7-14/h10-13H,2-8,15H2,1H3. The first kappa shape index (κ1) is 11.5. The number of hydrogen-bond donors (Lipinski definition) is 1. The van der Waals surface area contributed by atoms with Crippen molar-refractivity contribution in [3.63, 3.8) is 0 Å². The molecule has 0 radical (unpaired) electrons. The van der Waals surface area contributed by atoms with E-state index in [-0.39, 0.29) is 17.5 Å². The first-order chi connectivity index (χ1) is 8.11. The monoisotopic (exact) mass is 237 g/mol. The molecule has 0 aliphatic heterocycles. The minimum Gasteiger partial charge on any atom is -0.461 e. The first-order valence-electron chi connectivity index (χ1n) is 6.98. The number of hydrogen-bond acceptors (Lipinski definition) is 3. The highest BCUT2D eigenvalue weighted by Crippen LogP contribution is 2.61. The number of nitrogens with two attached hydrogens (primary N) is 1. The Morgan fingerprint density at radius 2 is 1.71 bits per heavy atom. The second-order valence-electron chi connectivity index (χ2n) is 6.61. The fraction of sp³-hybridized carbons (Fsp3) is 0.929. The van der Waals surface area contributed by atoms with Crippen molar-refractivity contribution < 1.29 is 9.53 Å². The number of carbonyl (C=O) groups is 1. The maximum Gasteiger partial charge on any atom is 0.302 e. The molecule has 3 heteroatoms. The molecule has 1 unspecified atom stereocenters. The van der Waals surface area contributed by atoms with Crippen molar-refractivity contribution in [3.8, 4) is 0 Å². The van der Waals surface area contributed by atoms with Gasteiger partial charge in [0.1, 0.15) is 6.10 Å². The molecular formula is C14H23NO2. The van der Waals surface area contributed by atoms with Gasteiger partial charge in [-0.1, -0.05) is 0 Å². The van der Waals surface area contributed by atoms with Gasteiger partial charge in [-0.15, -0.1) is 0 Å². The van der Waals surface area contributed by atoms with Crippen LogP contribution in [0.15, 0.2) is 0 Å². The molecule has 0 saturated heterocycles. The van der Waals surface area contributed by atoms with Crippen LogP contribution < -0.4 is 5.73 Å². The lowest BCUT2D eigenvalue weighted by Crippen LogP contribution is -2.54. The molecule has 4 rings (SSSR count). The van der Waals surface area contributed by atoms with Crippen molar-refractivity contribution in [3.05, 3.63) is 0 Å². The minimum atomic E-state index is -0.170. The summed E-state index contributed by atoms with van der Waals surface area (Å²) in [5, 5.41) is 0. The van der Waals surface area contributed by atoms with Crippen LogP contribution in [0, 0.1) is 23.2 Å². The summed E-state index contributed by atoms with van der Waals surface area (Å²) in [7, 11) is 0. The van der Waals surface area contributed by atoms with Crippen molar-refractivity contribution in [1.82, 2.24) is 0 Å². The zero-order valence-corrected chi connectivity index (χ0v) is 10.7. The average Bonchev–Trinajstić information content (AvgIpc) is 2.23. The highest BCUT2D eigenvalue weighted by Gasteiger charge is 2.54. The van der Waals surface area contributed by atoms with E-state index in [0.717, 1.165) is 17.8 Å². The van der Waals surface area contributed by atoms with E-state index in [1.54, 1.807) is 0 Å². The van der Waals surface area contributed by atoms with E-state index >= 15 is 0 Å². The summed E-state index contributed by atoms with van der Waals surface area (Å²) < 4.78 is 5.52. The maximum atomic E-state index is 11.2. The van der Waals surface area contributed by atoms with E-state index in [2.05, 4.69) is 0 Å². The average molecular weight is 237 g/mol. The van der Waals surface area contributed by atoms with Gasteiger partial charge in [-0.25, -0.2) is 0 Å². The Bertz CT molecular complexity index is 291.